The van der Waals surface area contributed by atoms with Gasteiger partial charge in [-0.1, -0.05) is 17.7 Å². The molecule has 0 spiro atoms. The summed E-state index contributed by atoms with van der Waals surface area (Å²) in [7, 11) is 0. The van der Waals surface area contributed by atoms with Gasteiger partial charge in [-0.3, -0.25) is 9.79 Å². The Morgan fingerprint density at radius 1 is 1.30 bits per heavy atom. The molecule has 1 aliphatic heterocycles. The molecule has 3 N–H and O–H groups in total. The molecule has 174 valence electrons. The van der Waals surface area contributed by atoms with Crippen molar-refractivity contribution < 1.29 is 18.7 Å². The molecule has 10 heteroatoms. The Kier molecular flexibility index (Phi) is 7.09. The molecule has 0 radical (unpaired) electrons. The third-order valence-corrected chi connectivity index (χ3v) is 7.11. The van der Waals surface area contributed by atoms with Crippen LogP contribution in [0, 0.1) is 17.7 Å². The van der Waals surface area contributed by atoms with Crippen LogP contribution in [-0.2, 0) is 14.3 Å². The van der Waals surface area contributed by atoms with Crippen LogP contribution in [0.3, 0.4) is 0 Å². The number of amidine groups is 1. The zero-order chi connectivity index (χ0) is 23.5. The van der Waals surface area contributed by atoms with Gasteiger partial charge in [-0.2, -0.15) is 0 Å². The Hall–Kier alpha value is -2.78. The number of thiazole rings is 1. The van der Waals surface area contributed by atoms with Crippen LogP contribution in [0.1, 0.15) is 49.2 Å². The number of rotatable bonds is 6. The minimum absolute atomic E-state index is 0.0350. The fourth-order valence-corrected chi connectivity index (χ4v) is 5.24. The molecule has 1 saturated carbocycles. The van der Waals surface area contributed by atoms with E-state index in [9.17, 15) is 14.0 Å². The van der Waals surface area contributed by atoms with Gasteiger partial charge in [-0.25, -0.2) is 14.2 Å². The maximum Gasteiger partial charge on any atom is 0.338 e. The molecule has 1 atom stereocenters. The predicted octanol–water partition coefficient (Wildman–Crippen LogP) is 4.14. The van der Waals surface area contributed by atoms with E-state index in [-0.39, 0.29) is 29.4 Å². The fourth-order valence-electron chi connectivity index (χ4n) is 4.38. The number of aromatic nitrogens is 1. The summed E-state index contributed by atoms with van der Waals surface area (Å²) in [6.07, 6.45) is 4.29. The van der Waals surface area contributed by atoms with Gasteiger partial charge in [0.05, 0.1) is 12.2 Å². The van der Waals surface area contributed by atoms with Gasteiger partial charge in [-0.05, 0) is 50.7 Å². The first-order valence-corrected chi connectivity index (χ1v) is 12.0. The second-order valence-electron chi connectivity index (χ2n) is 8.01. The Morgan fingerprint density at radius 2 is 2.06 bits per heavy atom. The number of esters is 1. The lowest BCUT2D eigenvalue weighted by Gasteiger charge is -2.34. The number of nitrogens with two attached hydrogens (primary N) is 1. The number of ether oxygens (including phenoxy) is 1. The van der Waals surface area contributed by atoms with Crippen LogP contribution >= 0.6 is 22.9 Å². The Morgan fingerprint density at radius 3 is 2.67 bits per heavy atom. The standard InChI is InChI=1S/C23H24ClFN4O3S/c1-2-32-23(31)17-18(12-3-5-13(6-4-12)20(26)30)28-21(22-27-9-10-33-22)29-19(17)15-8-7-14(25)11-16(15)24/h7-13,19H,2-6H2,1H3,(H2,26,30)(H,28,29)/t12-,13-,19?. The number of primary amides is 1. The van der Waals surface area contributed by atoms with E-state index in [2.05, 4.69) is 10.3 Å². The molecule has 1 aromatic carbocycles. The molecule has 1 aliphatic carbocycles. The van der Waals surface area contributed by atoms with Gasteiger partial charge in [-0.15, -0.1) is 11.3 Å². The first-order chi connectivity index (χ1) is 15.9. The molecule has 2 aromatic rings. The van der Waals surface area contributed by atoms with Crippen LogP contribution in [0.5, 0.6) is 0 Å². The molecular weight excluding hydrogens is 467 g/mol. The average molecular weight is 491 g/mol. The van der Waals surface area contributed by atoms with Gasteiger partial charge in [0.25, 0.3) is 0 Å². The highest BCUT2D eigenvalue weighted by molar-refractivity contribution is 7.11. The minimum atomic E-state index is -0.791. The third-order valence-electron chi connectivity index (χ3n) is 6.00. The van der Waals surface area contributed by atoms with Gasteiger partial charge in [0.15, 0.2) is 10.8 Å². The second kappa shape index (κ2) is 10.0. The van der Waals surface area contributed by atoms with Crippen LogP contribution in [-0.4, -0.2) is 29.3 Å². The average Bonchev–Trinajstić information content (AvgIpc) is 3.33. The zero-order valence-electron chi connectivity index (χ0n) is 18.0. The summed E-state index contributed by atoms with van der Waals surface area (Å²) in [5.74, 6) is -0.989. The summed E-state index contributed by atoms with van der Waals surface area (Å²) in [4.78, 5) is 34.0. The molecule has 1 amide bonds. The Labute approximate surface area is 199 Å². The predicted molar refractivity (Wildman–Crippen MR) is 124 cm³/mol. The van der Waals surface area contributed by atoms with Crippen molar-refractivity contribution in [2.75, 3.05) is 6.61 Å². The normalized spacial score (nSPS) is 23.0. The number of hydrogen-bond donors (Lipinski definition) is 2. The van der Waals surface area contributed by atoms with Crippen molar-refractivity contribution >= 4 is 40.6 Å². The monoisotopic (exact) mass is 490 g/mol. The topological polar surface area (TPSA) is 107 Å². The maximum absolute atomic E-state index is 13.8. The molecule has 33 heavy (non-hydrogen) atoms. The van der Waals surface area contributed by atoms with E-state index in [0.29, 0.717) is 53.4 Å². The highest BCUT2D eigenvalue weighted by Gasteiger charge is 2.38. The van der Waals surface area contributed by atoms with Gasteiger partial charge in [0.2, 0.25) is 5.91 Å². The fraction of sp³-hybridized carbons (Fsp3) is 0.391. The summed E-state index contributed by atoms with van der Waals surface area (Å²) in [6, 6.07) is 3.25. The lowest BCUT2D eigenvalue weighted by Crippen LogP contribution is -2.38. The summed E-state index contributed by atoms with van der Waals surface area (Å²) < 4.78 is 19.2. The van der Waals surface area contributed by atoms with Gasteiger partial charge >= 0.3 is 5.97 Å². The summed E-state index contributed by atoms with van der Waals surface area (Å²) in [6.45, 7) is 1.92. The molecule has 0 bridgehead atoms. The minimum Gasteiger partial charge on any atom is -0.463 e. The summed E-state index contributed by atoms with van der Waals surface area (Å²) in [5, 5.41) is 5.99. The van der Waals surface area contributed by atoms with Crippen LogP contribution < -0.4 is 11.1 Å². The SMILES string of the molecule is CCOC(=O)C1=C([C@H]2CC[C@H](C(N)=O)CC2)NC(c2nccs2)=NC1c1ccc(F)cc1Cl. The molecule has 2 heterocycles. The van der Waals surface area contributed by atoms with E-state index in [1.807, 2.05) is 5.38 Å². The van der Waals surface area contributed by atoms with E-state index < -0.39 is 17.8 Å². The molecule has 1 aromatic heterocycles. The molecular formula is C23H24ClFN4O3S. The molecule has 7 nitrogen and oxygen atoms in total. The van der Waals surface area contributed by atoms with E-state index in [1.54, 1.807) is 13.1 Å². The van der Waals surface area contributed by atoms with E-state index in [0.717, 1.165) is 0 Å². The number of nitrogens with one attached hydrogen (secondary N) is 1. The van der Waals surface area contributed by atoms with Crippen LogP contribution in [0.15, 0.2) is 46.0 Å². The van der Waals surface area contributed by atoms with Crippen LogP contribution in [0.25, 0.3) is 0 Å². The van der Waals surface area contributed by atoms with E-state index >= 15 is 0 Å². The van der Waals surface area contributed by atoms with E-state index in [1.165, 1.54) is 29.5 Å². The number of carbonyl (C=O) groups is 2. The molecule has 1 fully saturated rings. The van der Waals surface area contributed by atoms with Crippen LogP contribution in [0.2, 0.25) is 5.02 Å². The Bertz CT molecular complexity index is 1110. The van der Waals surface area contributed by atoms with Crippen molar-refractivity contribution in [3.8, 4) is 0 Å². The third kappa shape index (κ3) is 4.94. The van der Waals surface area contributed by atoms with Crippen molar-refractivity contribution in [1.82, 2.24) is 10.3 Å². The van der Waals surface area contributed by atoms with Crippen molar-refractivity contribution in [3.63, 3.8) is 0 Å². The molecule has 0 saturated heterocycles. The number of halogens is 2. The number of amides is 1. The van der Waals surface area contributed by atoms with Crippen molar-refractivity contribution in [2.45, 2.75) is 38.6 Å². The van der Waals surface area contributed by atoms with Gasteiger partial charge in [0, 0.05) is 33.8 Å². The molecule has 2 aliphatic rings. The zero-order valence-corrected chi connectivity index (χ0v) is 19.6. The number of benzene rings is 1. The van der Waals surface area contributed by atoms with Crippen LogP contribution in [0.4, 0.5) is 4.39 Å². The first-order valence-electron chi connectivity index (χ1n) is 10.8. The number of nitrogens with zero attached hydrogens (tertiary/aromatic N) is 2. The number of hydrogen-bond acceptors (Lipinski definition) is 7. The van der Waals surface area contributed by atoms with Crippen molar-refractivity contribution in [1.29, 1.82) is 0 Å². The maximum atomic E-state index is 13.8. The van der Waals surface area contributed by atoms with Gasteiger partial charge < -0.3 is 15.8 Å². The van der Waals surface area contributed by atoms with Gasteiger partial charge in [0.1, 0.15) is 11.9 Å². The van der Waals surface area contributed by atoms with E-state index in [4.69, 9.17) is 27.1 Å². The number of aliphatic imine (C=N–C) groups is 1. The first kappa shape index (κ1) is 23.4. The highest BCUT2D eigenvalue weighted by Crippen LogP contribution is 2.41. The highest BCUT2D eigenvalue weighted by atomic mass is 35.5. The largest absolute Gasteiger partial charge is 0.463 e. The summed E-state index contributed by atoms with van der Waals surface area (Å²) in [5.41, 5.74) is 7.03. The quantitative estimate of drug-likeness (QED) is 0.592. The molecule has 1 unspecified atom stereocenters. The van der Waals surface area contributed by atoms with Crippen molar-refractivity contribution in [3.05, 3.63) is 62.5 Å². The number of carbonyl (C=O) groups excluding carboxylic acids is 2. The summed E-state index contributed by atoms with van der Waals surface area (Å²) >= 11 is 7.81. The molecule has 4 rings (SSSR count). The second-order valence-corrected chi connectivity index (χ2v) is 9.31. The number of allylic oxidation sites excluding steroid dienone is 1. The lowest BCUT2D eigenvalue weighted by molar-refractivity contribution is -0.139. The Balaban J connectivity index is 1.82. The smallest absolute Gasteiger partial charge is 0.338 e. The van der Waals surface area contributed by atoms with Crippen molar-refractivity contribution in [2.24, 2.45) is 22.6 Å². The lowest BCUT2D eigenvalue weighted by atomic mass is 9.77.